The molecule has 0 heterocycles. The Morgan fingerprint density at radius 1 is 1.26 bits per heavy atom. The number of amides is 1. The van der Waals surface area contributed by atoms with Gasteiger partial charge in [0.05, 0.1) is 5.56 Å². The average Bonchev–Trinajstić information content (AvgIpc) is 2.36. The summed E-state index contributed by atoms with van der Waals surface area (Å²) in [6.45, 7) is 0.305. The molecule has 0 fully saturated rings. The van der Waals surface area contributed by atoms with E-state index in [-0.39, 0.29) is 5.56 Å². The molecule has 2 rings (SSSR count). The third-order valence-electron chi connectivity index (χ3n) is 2.58. The zero-order valence-electron chi connectivity index (χ0n) is 9.99. The SMILES string of the molecule is Nc1cccc(CNC(=O)c2ccc(Br)cc2F)c1. The van der Waals surface area contributed by atoms with E-state index in [0.29, 0.717) is 16.7 Å². The number of rotatable bonds is 3. The minimum absolute atomic E-state index is 0.0205. The van der Waals surface area contributed by atoms with Crippen molar-refractivity contribution in [3.8, 4) is 0 Å². The normalized spacial score (nSPS) is 10.2. The Labute approximate surface area is 118 Å². The number of carbonyl (C=O) groups excluding carboxylic acids is 1. The first-order valence-electron chi connectivity index (χ1n) is 5.64. The highest BCUT2D eigenvalue weighted by Gasteiger charge is 2.11. The second-order valence-electron chi connectivity index (χ2n) is 4.05. The van der Waals surface area contributed by atoms with E-state index in [0.717, 1.165) is 5.56 Å². The van der Waals surface area contributed by atoms with Crippen LogP contribution < -0.4 is 11.1 Å². The summed E-state index contributed by atoms with van der Waals surface area (Å²) in [6, 6.07) is 11.5. The van der Waals surface area contributed by atoms with Crippen molar-refractivity contribution in [3.05, 3.63) is 63.9 Å². The molecular formula is C14H12BrFN2O. The van der Waals surface area contributed by atoms with Crippen molar-refractivity contribution in [2.75, 3.05) is 5.73 Å². The molecule has 0 spiro atoms. The average molecular weight is 323 g/mol. The lowest BCUT2D eigenvalue weighted by atomic mass is 10.1. The van der Waals surface area contributed by atoms with E-state index in [1.807, 2.05) is 6.07 Å². The van der Waals surface area contributed by atoms with Gasteiger partial charge in [0.15, 0.2) is 0 Å². The maximum absolute atomic E-state index is 13.6. The number of nitrogens with one attached hydrogen (secondary N) is 1. The molecule has 98 valence electrons. The van der Waals surface area contributed by atoms with Crippen molar-refractivity contribution >= 4 is 27.5 Å². The summed E-state index contributed by atoms with van der Waals surface area (Å²) in [5.74, 6) is -1.01. The second-order valence-corrected chi connectivity index (χ2v) is 4.97. The van der Waals surface area contributed by atoms with Crippen LogP contribution in [0.1, 0.15) is 15.9 Å². The fourth-order valence-corrected chi connectivity index (χ4v) is 1.99. The summed E-state index contributed by atoms with van der Waals surface area (Å²) >= 11 is 3.14. The van der Waals surface area contributed by atoms with Crippen LogP contribution in [0.25, 0.3) is 0 Å². The Morgan fingerprint density at radius 2 is 2.05 bits per heavy atom. The van der Waals surface area contributed by atoms with E-state index < -0.39 is 11.7 Å². The molecule has 2 aromatic carbocycles. The molecule has 19 heavy (non-hydrogen) atoms. The number of nitrogen functional groups attached to an aromatic ring is 1. The van der Waals surface area contributed by atoms with Crippen LogP contribution in [-0.4, -0.2) is 5.91 Å². The molecule has 3 nitrogen and oxygen atoms in total. The number of hydrogen-bond acceptors (Lipinski definition) is 2. The lowest BCUT2D eigenvalue weighted by molar-refractivity contribution is 0.0947. The van der Waals surface area contributed by atoms with Crippen LogP contribution >= 0.6 is 15.9 Å². The summed E-state index contributed by atoms with van der Waals surface area (Å²) in [7, 11) is 0. The molecule has 0 unspecified atom stereocenters. The molecule has 0 aliphatic heterocycles. The molecule has 0 atom stereocenters. The molecule has 1 amide bonds. The molecule has 2 aromatic rings. The van der Waals surface area contributed by atoms with Gasteiger partial charge in [-0.3, -0.25) is 4.79 Å². The van der Waals surface area contributed by atoms with Crippen molar-refractivity contribution in [2.45, 2.75) is 6.54 Å². The van der Waals surface area contributed by atoms with Gasteiger partial charge < -0.3 is 11.1 Å². The number of nitrogens with two attached hydrogens (primary N) is 1. The van der Waals surface area contributed by atoms with Crippen molar-refractivity contribution in [1.29, 1.82) is 0 Å². The molecule has 0 saturated carbocycles. The van der Waals surface area contributed by atoms with Crippen molar-refractivity contribution in [1.82, 2.24) is 5.32 Å². The Morgan fingerprint density at radius 3 is 2.74 bits per heavy atom. The maximum Gasteiger partial charge on any atom is 0.254 e. The predicted molar refractivity (Wildman–Crippen MR) is 76.1 cm³/mol. The van der Waals surface area contributed by atoms with Crippen LogP contribution in [-0.2, 0) is 6.54 Å². The van der Waals surface area contributed by atoms with E-state index in [4.69, 9.17) is 5.73 Å². The van der Waals surface area contributed by atoms with Crippen LogP contribution in [0.2, 0.25) is 0 Å². The zero-order valence-corrected chi connectivity index (χ0v) is 11.6. The third-order valence-corrected chi connectivity index (χ3v) is 3.07. The Balaban J connectivity index is 2.05. The van der Waals surface area contributed by atoms with Crippen LogP contribution in [0.3, 0.4) is 0 Å². The molecule has 0 saturated heterocycles. The van der Waals surface area contributed by atoms with Gasteiger partial charge in [-0.1, -0.05) is 28.1 Å². The van der Waals surface area contributed by atoms with E-state index in [9.17, 15) is 9.18 Å². The minimum atomic E-state index is -0.556. The molecule has 5 heteroatoms. The summed E-state index contributed by atoms with van der Waals surface area (Å²) in [6.07, 6.45) is 0. The number of halogens is 2. The van der Waals surface area contributed by atoms with E-state index >= 15 is 0 Å². The van der Waals surface area contributed by atoms with Gasteiger partial charge in [-0.2, -0.15) is 0 Å². The van der Waals surface area contributed by atoms with E-state index in [2.05, 4.69) is 21.2 Å². The third kappa shape index (κ3) is 3.54. The molecule has 0 bridgehead atoms. The molecule has 3 N–H and O–H groups in total. The van der Waals surface area contributed by atoms with Gasteiger partial charge in [0.25, 0.3) is 5.91 Å². The van der Waals surface area contributed by atoms with E-state index in [1.165, 1.54) is 12.1 Å². The van der Waals surface area contributed by atoms with Gasteiger partial charge >= 0.3 is 0 Å². The molecule has 0 aliphatic rings. The first-order chi connectivity index (χ1) is 9.06. The Hall–Kier alpha value is -1.88. The first kappa shape index (κ1) is 13.5. The molecule has 0 radical (unpaired) electrons. The highest BCUT2D eigenvalue weighted by Crippen LogP contribution is 2.15. The maximum atomic E-state index is 13.6. The summed E-state index contributed by atoms with van der Waals surface area (Å²) in [5.41, 5.74) is 7.15. The monoisotopic (exact) mass is 322 g/mol. The summed E-state index contributed by atoms with van der Waals surface area (Å²) in [4.78, 5) is 11.8. The largest absolute Gasteiger partial charge is 0.399 e. The molecular weight excluding hydrogens is 311 g/mol. The predicted octanol–water partition coefficient (Wildman–Crippen LogP) is 3.10. The smallest absolute Gasteiger partial charge is 0.254 e. The van der Waals surface area contributed by atoms with Gasteiger partial charge in [0.2, 0.25) is 0 Å². The highest BCUT2D eigenvalue weighted by atomic mass is 79.9. The number of benzene rings is 2. The Kier molecular flexibility index (Phi) is 4.16. The second kappa shape index (κ2) is 5.84. The highest BCUT2D eigenvalue weighted by molar-refractivity contribution is 9.10. The van der Waals surface area contributed by atoms with Gasteiger partial charge in [-0.25, -0.2) is 4.39 Å². The van der Waals surface area contributed by atoms with Crippen molar-refractivity contribution in [3.63, 3.8) is 0 Å². The summed E-state index contributed by atoms with van der Waals surface area (Å²) in [5, 5.41) is 2.65. The van der Waals surface area contributed by atoms with Gasteiger partial charge in [-0.15, -0.1) is 0 Å². The topological polar surface area (TPSA) is 55.1 Å². The standard InChI is InChI=1S/C14H12BrFN2O/c15-10-4-5-12(13(16)7-10)14(19)18-8-9-2-1-3-11(17)6-9/h1-7H,8,17H2,(H,18,19). The zero-order chi connectivity index (χ0) is 13.8. The lowest BCUT2D eigenvalue weighted by Gasteiger charge is -2.07. The van der Waals surface area contributed by atoms with E-state index in [1.54, 1.807) is 24.3 Å². The lowest BCUT2D eigenvalue weighted by Crippen LogP contribution is -2.23. The van der Waals surface area contributed by atoms with Gasteiger partial charge in [0.1, 0.15) is 5.82 Å². The molecule has 0 aliphatic carbocycles. The minimum Gasteiger partial charge on any atom is -0.399 e. The Bertz CT molecular complexity index is 616. The first-order valence-corrected chi connectivity index (χ1v) is 6.43. The van der Waals surface area contributed by atoms with Crippen LogP contribution in [0, 0.1) is 5.82 Å². The fraction of sp³-hybridized carbons (Fsp3) is 0.0714. The van der Waals surface area contributed by atoms with Crippen LogP contribution in [0.4, 0.5) is 10.1 Å². The number of hydrogen-bond donors (Lipinski definition) is 2. The number of anilines is 1. The molecule has 0 aromatic heterocycles. The quantitative estimate of drug-likeness (QED) is 0.853. The van der Waals surface area contributed by atoms with Crippen LogP contribution in [0.15, 0.2) is 46.9 Å². The van der Waals surface area contributed by atoms with Gasteiger partial charge in [-0.05, 0) is 35.9 Å². The summed E-state index contributed by atoms with van der Waals surface area (Å²) < 4.78 is 14.2. The fourth-order valence-electron chi connectivity index (χ4n) is 1.65. The van der Waals surface area contributed by atoms with Crippen LogP contribution in [0.5, 0.6) is 0 Å². The van der Waals surface area contributed by atoms with Crippen molar-refractivity contribution in [2.24, 2.45) is 0 Å². The number of carbonyl (C=O) groups is 1. The van der Waals surface area contributed by atoms with Crippen molar-refractivity contribution < 1.29 is 9.18 Å². The van der Waals surface area contributed by atoms with Gasteiger partial charge in [0, 0.05) is 16.7 Å².